The lowest BCUT2D eigenvalue weighted by Gasteiger charge is -2.34. The predicted octanol–water partition coefficient (Wildman–Crippen LogP) is 7.09. The molecule has 2 aromatic carbocycles. The monoisotopic (exact) mass is 731 g/mol. The number of hydrogen-bond donors (Lipinski definition) is 0. The lowest BCUT2D eigenvalue weighted by atomic mass is 9.77. The van der Waals surface area contributed by atoms with Gasteiger partial charge in [0.15, 0.2) is 5.65 Å². The largest absolute Gasteiger partial charge is 0.455 e. The zero-order valence-corrected chi connectivity index (χ0v) is 29.8. The summed E-state index contributed by atoms with van der Waals surface area (Å²) in [6.45, 7) is 8.32. The predicted molar refractivity (Wildman–Crippen MR) is 191 cm³/mol. The SMILES string of the molecule is CCN1CCN(Cc2ccc(CC(=O)C3Cc4cc(Oc5ccnc6c5ccn6S(=O)(=O)c5ccccc5)cnc4C(C)C3)cc2C(F)(F)F)CC1. The molecule has 1 aliphatic heterocycles. The average Bonchev–Trinajstić information content (AvgIpc) is 3.59. The van der Waals surface area contributed by atoms with Crippen LogP contribution in [0.2, 0.25) is 0 Å². The topological polar surface area (TPSA) is 97.6 Å². The molecule has 0 N–H and O–H groups in total. The zero-order chi connectivity index (χ0) is 36.6. The highest BCUT2D eigenvalue weighted by atomic mass is 32.2. The Kier molecular flexibility index (Phi) is 9.94. The van der Waals surface area contributed by atoms with Crippen LogP contribution in [0.15, 0.2) is 90.2 Å². The third-order valence-electron chi connectivity index (χ3n) is 10.2. The molecule has 3 aromatic heterocycles. The van der Waals surface area contributed by atoms with Gasteiger partial charge in [0.25, 0.3) is 10.0 Å². The first-order chi connectivity index (χ1) is 24.9. The van der Waals surface area contributed by atoms with Gasteiger partial charge in [-0.1, -0.05) is 44.2 Å². The maximum atomic E-state index is 14.3. The van der Waals surface area contributed by atoms with E-state index in [2.05, 4.69) is 26.7 Å². The molecule has 0 amide bonds. The average molecular weight is 732 g/mol. The normalized spacial score (nSPS) is 18.7. The van der Waals surface area contributed by atoms with Crippen LogP contribution in [0.5, 0.6) is 11.5 Å². The number of nitrogens with zero attached hydrogens (tertiary/aromatic N) is 5. The molecular formula is C39H40F3N5O4S. The van der Waals surface area contributed by atoms with Gasteiger partial charge in [-0.25, -0.2) is 17.4 Å². The number of benzene rings is 2. The molecule has 1 fully saturated rings. The molecule has 2 unspecified atom stereocenters. The second kappa shape index (κ2) is 14.4. The lowest BCUT2D eigenvalue weighted by molar-refractivity contribution is -0.138. The molecule has 52 heavy (non-hydrogen) atoms. The number of ether oxygens (including phenoxy) is 1. The van der Waals surface area contributed by atoms with E-state index in [0.717, 1.165) is 40.9 Å². The van der Waals surface area contributed by atoms with E-state index in [1.54, 1.807) is 42.6 Å². The number of rotatable bonds is 10. The lowest BCUT2D eigenvalue weighted by Crippen LogP contribution is -2.45. The number of carbonyl (C=O) groups excluding carboxylic acids is 1. The third kappa shape index (κ3) is 7.35. The number of aromatic nitrogens is 3. The van der Waals surface area contributed by atoms with E-state index < -0.39 is 27.7 Å². The molecule has 2 atom stereocenters. The first-order valence-electron chi connectivity index (χ1n) is 17.5. The van der Waals surface area contributed by atoms with Gasteiger partial charge in [-0.05, 0) is 78.4 Å². The number of carbonyl (C=O) groups is 1. The van der Waals surface area contributed by atoms with Gasteiger partial charge in [0, 0.05) is 63.2 Å². The summed E-state index contributed by atoms with van der Waals surface area (Å²) in [5.41, 5.74) is 1.80. The fourth-order valence-electron chi connectivity index (χ4n) is 7.39. The summed E-state index contributed by atoms with van der Waals surface area (Å²) >= 11 is 0. The number of halogens is 3. The van der Waals surface area contributed by atoms with E-state index in [1.807, 2.05) is 13.0 Å². The number of hydrogen-bond acceptors (Lipinski definition) is 8. The standard InChI is InChI=1S/C39H40F3N5O4S/c1-3-45-15-17-46(18-16-45)25-28-10-9-27(20-34(28)39(40,41)42)21-35(48)29-19-26(2)37-30(22-29)23-31(24-44-37)51-36-11-13-43-38-33(36)12-14-47(38)52(49,50)32-7-5-4-6-8-32/h4-14,20,23-24,26,29H,3,15-19,21-22,25H2,1-2H3. The molecule has 0 radical (unpaired) electrons. The Hall–Kier alpha value is -4.59. The van der Waals surface area contributed by atoms with Crippen molar-refractivity contribution in [3.05, 3.63) is 113 Å². The van der Waals surface area contributed by atoms with Crippen LogP contribution >= 0.6 is 0 Å². The number of piperazine rings is 1. The Morgan fingerprint density at radius 1 is 0.962 bits per heavy atom. The van der Waals surface area contributed by atoms with Crippen molar-refractivity contribution < 1.29 is 31.1 Å². The van der Waals surface area contributed by atoms with Crippen LogP contribution in [0, 0.1) is 5.92 Å². The number of likely N-dealkylation sites (N-methyl/N-ethyl adjacent to an activating group) is 1. The molecule has 7 rings (SSSR count). The molecule has 1 saturated heterocycles. The summed E-state index contributed by atoms with van der Waals surface area (Å²) in [7, 11) is -3.89. The minimum Gasteiger partial charge on any atom is -0.455 e. The van der Waals surface area contributed by atoms with Gasteiger partial charge in [0.1, 0.15) is 17.3 Å². The van der Waals surface area contributed by atoms with Crippen LogP contribution < -0.4 is 4.74 Å². The molecule has 5 aromatic rings. The van der Waals surface area contributed by atoms with E-state index >= 15 is 0 Å². The van der Waals surface area contributed by atoms with Gasteiger partial charge in [0.05, 0.1) is 22.0 Å². The molecule has 2 aliphatic rings. The molecule has 0 bridgehead atoms. The Labute approximate surface area is 301 Å². The van der Waals surface area contributed by atoms with Crippen molar-refractivity contribution in [3.63, 3.8) is 0 Å². The highest BCUT2D eigenvalue weighted by Crippen LogP contribution is 2.39. The molecule has 0 spiro atoms. The first-order valence-corrected chi connectivity index (χ1v) is 18.9. The highest BCUT2D eigenvalue weighted by Gasteiger charge is 2.35. The van der Waals surface area contributed by atoms with Crippen molar-refractivity contribution in [3.8, 4) is 11.5 Å². The van der Waals surface area contributed by atoms with Crippen LogP contribution in [0.3, 0.4) is 0 Å². The van der Waals surface area contributed by atoms with Crippen LogP contribution in [-0.4, -0.2) is 70.7 Å². The second-order valence-corrected chi connectivity index (χ2v) is 15.5. The zero-order valence-electron chi connectivity index (χ0n) is 29.0. The molecule has 0 saturated carbocycles. The van der Waals surface area contributed by atoms with Crippen molar-refractivity contribution in [2.75, 3.05) is 32.7 Å². The van der Waals surface area contributed by atoms with E-state index in [4.69, 9.17) is 4.74 Å². The molecule has 272 valence electrons. The minimum atomic E-state index is -4.53. The molecule has 4 heterocycles. The fraction of sp³-hybridized carbons (Fsp3) is 0.359. The van der Waals surface area contributed by atoms with Crippen molar-refractivity contribution in [2.45, 2.75) is 56.6 Å². The second-order valence-electron chi connectivity index (χ2n) is 13.7. The van der Waals surface area contributed by atoms with E-state index in [1.165, 1.54) is 30.6 Å². The van der Waals surface area contributed by atoms with Gasteiger partial charge in [0.2, 0.25) is 0 Å². The Balaban J connectivity index is 1.07. The first kappa shape index (κ1) is 35.8. The molecule has 13 heteroatoms. The summed E-state index contributed by atoms with van der Waals surface area (Å²) in [5, 5.41) is 0.490. The summed E-state index contributed by atoms with van der Waals surface area (Å²) < 4.78 is 76.8. The number of alkyl halides is 3. The number of Topliss-reactive ketones (excluding diaryl/α,β-unsaturated/α-hetero) is 1. The van der Waals surface area contributed by atoms with Crippen molar-refractivity contribution in [1.82, 2.24) is 23.7 Å². The summed E-state index contributed by atoms with van der Waals surface area (Å²) in [4.78, 5) is 27.1. The number of pyridine rings is 2. The summed E-state index contributed by atoms with van der Waals surface area (Å²) in [6.07, 6.45) is 0.823. The van der Waals surface area contributed by atoms with Gasteiger partial charge in [-0.15, -0.1) is 0 Å². The maximum Gasteiger partial charge on any atom is 0.416 e. The van der Waals surface area contributed by atoms with Crippen molar-refractivity contribution in [1.29, 1.82) is 0 Å². The molecular weight excluding hydrogens is 692 g/mol. The van der Waals surface area contributed by atoms with Gasteiger partial charge < -0.3 is 9.64 Å². The van der Waals surface area contributed by atoms with Gasteiger partial charge in [-0.3, -0.25) is 14.7 Å². The fourth-order valence-corrected chi connectivity index (χ4v) is 8.71. The Bertz CT molecular complexity index is 2200. The summed E-state index contributed by atoms with van der Waals surface area (Å²) in [6, 6.07) is 17.5. The van der Waals surface area contributed by atoms with Crippen LogP contribution in [0.25, 0.3) is 11.0 Å². The van der Waals surface area contributed by atoms with Crippen LogP contribution in [-0.2, 0) is 40.4 Å². The minimum absolute atomic E-state index is 0.0436. The van der Waals surface area contributed by atoms with Gasteiger partial charge >= 0.3 is 6.18 Å². The van der Waals surface area contributed by atoms with Crippen LogP contribution in [0.1, 0.15) is 54.1 Å². The Morgan fingerprint density at radius 2 is 1.71 bits per heavy atom. The maximum absolute atomic E-state index is 14.3. The number of ketones is 1. The van der Waals surface area contributed by atoms with E-state index in [-0.39, 0.29) is 40.8 Å². The third-order valence-corrected chi connectivity index (χ3v) is 11.9. The molecule has 9 nitrogen and oxygen atoms in total. The Morgan fingerprint density at radius 3 is 2.44 bits per heavy atom. The van der Waals surface area contributed by atoms with Crippen molar-refractivity contribution in [2.24, 2.45) is 5.92 Å². The van der Waals surface area contributed by atoms with E-state index in [0.29, 0.717) is 48.4 Å². The van der Waals surface area contributed by atoms with Crippen molar-refractivity contribution >= 4 is 26.8 Å². The quantitative estimate of drug-likeness (QED) is 0.150. The molecule has 1 aliphatic carbocycles. The number of fused-ring (bicyclic) bond motifs is 2. The smallest absolute Gasteiger partial charge is 0.416 e. The van der Waals surface area contributed by atoms with Gasteiger partial charge in [-0.2, -0.15) is 13.2 Å². The highest BCUT2D eigenvalue weighted by molar-refractivity contribution is 7.90. The summed E-state index contributed by atoms with van der Waals surface area (Å²) in [5.74, 6) is 0.243. The van der Waals surface area contributed by atoms with Crippen LogP contribution in [0.4, 0.5) is 13.2 Å². The van der Waals surface area contributed by atoms with E-state index in [9.17, 15) is 26.4 Å².